The van der Waals surface area contributed by atoms with Crippen LogP contribution in [0.15, 0.2) is 339 Å². The molecule has 10 aromatic carbocycles. The molecule has 3 radical (unpaired) electrons. The molecule has 9 nitrogen and oxygen atoms in total. The molecule has 0 aliphatic carbocycles. The zero-order valence-electron chi connectivity index (χ0n) is 62.6. The third-order valence-corrected chi connectivity index (χ3v) is 20.4. The molecule has 6 aromatic heterocycles. The number of halogens is 1. The van der Waals surface area contributed by atoms with Crippen molar-refractivity contribution in [3.63, 3.8) is 0 Å². The maximum absolute atomic E-state index is 13.2. The summed E-state index contributed by atoms with van der Waals surface area (Å²) in [7, 11) is 0. The molecule has 113 heavy (non-hydrogen) atoms. The van der Waals surface area contributed by atoms with Crippen LogP contribution in [0.5, 0.6) is 0 Å². The maximum atomic E-state index is 13.2. The average molecular weight is 2070 g/mol. The standard InChI is InChI=1S/C31H20NS.C26H18NS.C25H15FNS.3C5H8O2.3Ir/c1-4-11-22(12-5-1)25-17-10-18-26(21-25)27-19-20-28-30(32-27)29(23-13-6-2-7-14-23)31(33-28)24-15-8-3-9-16-24;1-18-25-24(28-26(18)20-11-6-3-7-12-20)16-15-23(27-25)22-14-8-13-21(17-22)19-9-4-2-5-10-19;26-21-11-9-18(10-12-21)25-16-23-24(28-25)14-13-22(27-23)20-8-4-7-19(15-20)17-5-2-1-3-6-17;3*1-4(6)3-5(2)7;;;/h1-17,19-21H;2-13,15-17H,1H3;1-7,9-16H;3*3,6H,1-2H3;;;/q3*-1;;;;;;. The van der Waals surface area contributed by atoms with Crippen LogP contribution in [0.25, 0.3) is 140 Å². The second kappa shape index (κ2) is 43.2. The molecule has 0 spiro atoms. The molecule has 0 atom stereocenters. The molecule has 0 bridgehead atoms. The molecule has 16 heteroatoms. The van der Waals surface area contributed by atoms with Gasteiger partial charge >= 0.3 is 0 Å². The van der Waals surface area contributed by atoms with Crippen LogP contribution in [0.3, 0.4) is 0 Å². The Hall–Kier alpha value is -11.0. The summed E-state index contributed by atoms with van der Waals surface area (Å²) in [6, 6.07) is 113. The van der Waals surface area contributed by atoms with E-state index in [1.54, 1.807) is 34.8 Å². The molecule has 0 saturated carbocycles. The Morgan fingerprint density at radius 1 is 0.336 bits per heavy atom. The second-order valence-electron chi connectivity index (χ2n) is 25.5. The average Bonchev–Trinajstić information content (AvgIpc) is 1.61. The van der Waals surface area contributed by atoms with E-state index in [1.165, 1.54) is 147 Å². The number of aliphatic hydroxyl groups excluding tert-OH is 3. The van der Waals surface area contributed by atoms with E-state index in [4.69, 9.17) is 30.3 Å². The number of benzene rings is 10. The summed E-state index contributed by atoms with van der Waals surface area (Å²) in [6.45, 7) is 10.7. The van der Waals surface area contributed by atoms with Gasteiger partial charge in [-0.25, -0.2) is 4.39 Å². The number of nitrogens with zero attached hydrogens (tertiary/aromatic N) is 3. The minimum Gasteiger partial charge on any atom is -0.512 e. The Bertz CT molecular complexity index is 5840. The predicted octanol–water partition coefficient (Wildman–Crippen LogP) is 26.5. The number of hydrogen-bond acceptors (Lipinski definition) is 12. The number of hydrogen-bond donors (Lipinski definition) is 3. The quantitative estimate of drug-likeness (QED) is 0.0582. The van der Waals surface area contributed by atoms with Crippen LogP contribution in [0.2, 0.25) is 0 Å². The van der Waals surface area contributed by atoms with E-state index in [9.17, 15) is 18.8 Å². The molecule has 0 amide bonds. The molecule has 0 aliphatic rings. The number of aromatic nitrogens is 3. The Morgan fingerprint density at radius 2 is 0.664 bits per heavy atom. The molecule has 3 N–H and O–H groups in total. The fourth-order valence-corrected chi connectivity index (χ4v) is 15.2. The summed E-state index contributed by atoms with van der Waals surface area (Å²) < 4.78 is 16.7. The molecule has 16 aromatic rings. The maximum Gasteiger partial charge on any atom is 0.155 e. The van der Waals surface area contributed by atoms with Gasteiger partial charge in [0, 0.05) is 98.7 Å². The van der Waals surface area contributed by atoms with E-state index in [1.807, 2.05) is 65.9 Å². The van der Waals surface area contributed by atoms with Gasteiger partial charge in [0.2, 0.25) is 0 Å². The van der Waals surface area contributed by atoms with Crippen molar-refractivity contribution in [1.29, 1.82) is 0 Å². The second-order valence-corrected chi connectivity index (χ2v) is 28.7. The smallest absolute Gasteiger partial charge is 0.155 e. The zero-order chi connectivity index (χ0) is 77.5. The summed E-state index contributed by atoms with van der Waals surface area (Å²) in [6.07, 6.45) is 3.50. The third-order valence-electron chi connectivity index (χ3n) is 16.7. The van der Waals surface area contributed by atoms with Gasteiger partial charge in [-0.2, -0.15) is 0 Å². The van der Waals surface area contributed by atoms with Gasteiger partial charge < -0.3 is 15.3 Å². The number of thiophene rings is 3. The number of ketones is 3. The van der Waals surface area contributed by atoms with Crippen molar-refractivity contribution in [3.8, 4) is 110 Å². The number of rotatable bonds is 13. The fraction of sp³-hybridized carbons (Fsp3) is 0.0722. The number of carbonyl (C=O) groups is 3. The third kappa shape index (κ3) is 24.8. The van der Waals surface area contributed by atoms with Crippen LogP contribution in [0.1, 0.15) is 47.1 Å². The van der Waals surface area contributed by atoms with E-state index >= 15 is 0 Å². The minimum atomic E-state index is -0.223. The van der Waals surface area contributed by atoms with Gasteiger partial charge in [0.15, 0.2) is 17.3 Å². The van der Waals surface area contributed by atoms with Crippen molar-refractivity contribution >= 4 is 82.0 Å². The van der Waals surface area contributed by atoms with Gasteiger partial charge in [0.05, 0.1) is 47.9 Å². The number of carbonyl (C=O) groups excluding carboxylic acids is 3. The molecular weight excluding hydrogens is 1990 g/mol. The van der Waals surface area contributed by atoms with E-state index in [0.717, 1.165) is 71.0 Å². The summed E-state index contributed by atoms with van der Waals surface area (Å²) in [4.78, 5) is 48.7. The first-order chi connectivity index (χ1) is 53.3. The normalized spacial score (nSPS) is 10.8. The van der Waals surface area contributed by atoms with Crippen LogP contribution in [0, 0.1) is 30.9 Å². The molecule has 0 unspecified atom stereocenters. The SMILES string of the molecule is CC(=O)C=C(C)O.CC(=O)C=C(C)O.CC(=O)C=C(C)O.Cc1c(-c2ccccc2)sc2ccc(-c3[c-]ccc(-c4ccccc4)c3)nc12.Fc1ccc(-c2cc3nc(-c4[c-]ccc(-c5ccccc5)c4)ccc3s2)cc1.[Ir].[Ir].[Ir].[c-]1ccc(-c2ccccc2)cc1-c1ccc2sc(-c3ccccc3)c(-c3ccccc3)c2n1. The van der Waals surface area contributed by atoms with Crippen molar-refractivity contribution in [2.24, 2.45) is 0 Å². The van der Waals surface area contributed by atoms with Gasteiger partial charge in [-0.05, 0) is 146 Å². The summed E-state index contributed by atoms with van der Waals surface area (Å²) in [5, 5.41) is 25.1. The van der Waals surface area contributed by atoms with E-state index in [2.05, 4.69) is 250 Å². The minimum absolute atomic E-state index is 0. The predicted molar refractivity (Wildman–Crippen MR) is 456 cm³/mol. The Labute approximate surface area is 711 Å². The molecule has 6 heterocycles. The van der Waals surface area contributed by atoms with Crippen LogP contribution >= 0.6 is 34.0 Å². The number of aliphatic hydroxyl groups is 3. The molecule has 16 rings (SSSR count). The van der Waals surface area contributed by atoms with E-state index in [0.29, 0.717) is 0 Å². The largest absolute Gasteiger partial charge is 0.512 e. The monoisotopic (exact) mass is 2070 g/mol. The van der Waals surface area contributed by atoms with E-state index in [-0.39, 0.29) is 101 Å². The zero-order valence-corrected chi connectivity index (χ0v) is 72.2. The number of fused-ring (bicyclic) bond motifs is 3. The number of aryl methyl sites for hydroxylation is 1. The Kier molecular flexibility index (Phi) is 33.5. The van der Waals surface area contributed by atoms with Crippen molar-refractivity contribution < 1.29 is 94.4 Å². The number of allylic oxidation sites excluding steroid dienone is 6. The van der Waals surface area contributed by atoms with Gasteiger partial charge in [-0.15, -0.1) is 140 Å². The van der Waals surface area contributed by atoms with Gasteiger partial charge in [0.25, 0.3) is 0 Å². The van der Waals surface area contributed by atoms with Crippen molar-refractivity contribution in [2.45, 2.75) is 48.5 Å². The first kappa shape index (κ1) is 87.6. The van der Waals surface area contributed by atoms with Crippen molar-refractivity contribution in [1.82, 2.24) is 15.0 Å². The molecular formula is C97H77FIr3N3O6S3-3. The van der Waals surface area contributed by atoms with Gasteiger partial charge in [0.1, 0.15) is 5.82 Å². The summed E-state index contributed by atoms with van der Waals surface area (Å²) >= 11 is 5.28. The van der Waals surface area contributed by atoms with Crippen LogP contribution < -0.4 is 0 Å². The van der Waals surface area contributed by atoms with Crippen LogP contribution in [-0.2, 0) is 74.7 Å². The molecule has 0 saturated heterocycles. The Balaban J connectivity index is 0.000000186. The topological polar surface area (TPSA) is 151 Å². The number of pyridine rings is 3. The molecule has 0 aliphatic heterocycles. The van der Waals surface area contributed by atoms with Crippen molar-refractivity contribution in [3.05, 3.63) is 368 Å². The van der Waals surface area contributed by atoms with Crippen molar-refractivity contribution in [2.75, 3.05) is 0 Å². The Morgan fingerprint density at radius 3 is 1.04 bits per heavy atom. The first-order valence-electron chi connectivity index (χ1n) is 35.3. The van der Waals surface area contributed by atoms with E-state index < -0.39 is 0 Å². The van der Waals surface area contributed by atoms with Gasteiger partial charge in [-0.1, -0.05) is 212 Å². The fourth-order valence-electron chi connectivity index (χ4n) is 11.9. The van der Waals surface area contributed by atoms with Crippen LogP contribution in [-0.4, -0.2) is 47.6 Å². The van der Waals surface area contributed by atoms with Crippen LogP contribution in [0.4, 0.5) is 4.39 Å². The van der Waals surface area contributed by atoms with Gasteiger partial charge in [-0.3, -0.25) is 29.3 Å². The first-order valence-corrected chi connectivity index (χ1v) is 37.8. The molecule has 571 valence electrons. The summed E-state index contributed by atoms with van der Waals surface area (Å²) in [5.41, 5.74) is 23.1. The molecule has 0 fully saturated rings. The summed E-state index contributed by atoms with van der Waals surface area (Å²) in [5.74, 6) is -0.411.